The zero-order valence-corrected chi connectivity index (χ0v) is 21.0. The Hall–Kier alpha value is -4.46. The molecule has 2 aromatic rings. The molecule has 38 heavy (non-hydrogen) atoms. The zero-order valence-electron chi connectivity index (χ0n) is 21.0. The fourth-order valence-electron chi connectivity index (χ4n) is 3.77. The molecule has 0 fully saturated rings. The van der Waals surface area contributed by atoms with Crippen LogP contribution in [0.1, 0.15) is 32.3 Å². The van der Waals surface area contributed by atoms with E-state index in [1.807, 2.05) is 12.1 Å². The number of aromatic nitrogens is 1. The molecular formula is C24H33N7O7. The summed E-state index contributed by atoms with van der Waals surface area (Å²) in [6.45, 7) is 3.14. The Morgan fingerprint density at radius 1 is 0.868 bits per heavy atom. The number of fused-ring (bicyclic) bond motifs is 1. The largest absolute Gasteiger partial charge is 0.480 e. The second kappa shape index (κ2) is 13.2. The Balaban J connectivity index is 2.32. The highest BCUT2D eigenvalue weighted by atomic mass is 16.4. The first-order chi connectivity index (χ1) is 17.8. The van der Waals surface area contributed by atoms with E-state index in [1.54, 1.807) is 32.2 Å². The number of amides is 5. The quantitative estimate of drug-likeness (QED) is 0.135. The molecule has 14 heteroatoms. The summed E-state index contributed by atoms with van der Waals surface area (Å²) >= 11 is 0. The molecule has 0 aliphatic heterocycles. The number of carbonyl (C=O) groups is 6. The fourth-order valence-corrected chi connectivity index (χ4v) is 3.77. The van der Waals surface area contributed by atoms with Gasteiger partial charge in [-0.1, -0.05) is 32.0 Å². The minimum Gasteiger partial charge on any atom is -0.480 e. The molecule has 0 saturated carbocycles. The van der Waals surface area contributed by atoms with Gasteiger partial charge in [0.05, 0.1) is 18.9 Å². The summed E-state index contributed by atoms with van der Waals surface area (Å²) in [5.74, 6) is -6.20. The molecule has 5 amide bonds. The van der Waals surface area contributed by atoms with Crippen LogP contribution < -0.4 is 33.2 Å². The molecule has 4 unspecified atom stereocenters. The van der Waals surface area contributed by atoms with Gasteiger partial charge >= 0.3 is 5.97 Å². The van der Waals surface area contributed by atoms with E-state index in [1.165, 1.54) is 0 Å². The van der Waals surface area contributed by atoms with Gasteiger partial charge in [-0.25, -0.2) is 4.79 Å². The van der Waals surface area contributed by atoms with Crippen molar-refractivity contribution < 1.29 is 33.9 Å². The maximum absolute atomic E-state index is 13.3. The van der Waals surface area contributed by atoms with Crippen LogP contribution >= 0.6 is 0 Å². The van der Waals surface area contributed by atoms with Crippen LogP contribution in [0.2, 0.25) is 0 Å². The Labute approximate surface area is 218 Å². The van der Waals surface area contributed by atoms with Crippen molar-refractivity contribution in [2.45, 2.75) is 57.3 Å². The van der Waals surface area contributed by atoms with Gasteiger partial charge in [-0.15, -0.1) is 0 Å². The molecule has 0 aliphatic carbocycles. The summed E-state index contributed by atoms with van der Waals surface area (Å²) in [6, 6.07) is 1.77. The SMILES string of the molecule is CC(C)C(NC(=O)C(CC(N)=O)NC(=O)C(Cc1c[nH]c2ccccc12)NC(=O)C(N)CC(N)=O)C(=O)O. The van der Waals surface area contributed by atoms with E-state index in [2.05, 4.69) is 20.9 Å². The van der Waals surface area contributed by atoms with E-state index in [-0.39, 0.29) is 6.42 Å². The normalized spacial score (nSPS) is 14.2. The Morgan fingerprint density at radius 2 is 1.45 bits per heavy atom. The molecule has 0 aliphatic rings. The van der Waals surface area contributed by atoms with Gasteiger partial charge in [0.1, 0.15) is 18.1 Å². The lowest BCUT2D eigenvalue weighted by atomic mass is 10.0. The minimum absolute atomic E-state index is 0.0560. The number of nitrogens with two attached hydrogens (primary N) is 3. The number of hydrogen-bond acceptors (Lipinski definition) is 7. The van der Waals surface area contributed by atoms with E-state index in [9.17, 15) is 33.9 Å². The van der Waals surface area contributed by atoms with Gasteiger partial charge in [0.25, 0.3) is 0 Å². The van der Waals surface area contributed by atoms with Crippen molar-refractivity contribution in [1.29, 1.82) is 0 Å². The first-order valence-electron chi connectivity index (χ1n) is 11.8. The molecule has 4 atom stereocenters. The van der Waals surface area contributed by atoms with Gasteiger partial charge in [-0.3, -0.25) is 24.0 Å². The summed E-state index contributed by atoms with van der Waals surface area (Å²) in [7, 11) is 0. The van der Waals surface area contributed by atoms with Crippen molar-refractivity contribution in [2.75, 3.05) is 0 Å². The molecule has 0 bridgehead atoms. The number of carbonyl (C=O) groups excluding carboxylic acids is 5. The van der Waals surface area contributed by atoms with Crippen LogP contribution in [0.4, 0.5) is 0 Å². The van der Waals surface area contributed by atoms with E-state index in [0.29, 0.717) is 5.56 Å². The molecule has 1 aromatic carbocycles. The van der Waals surface area contributed by atoms with Gasteiger partial charge in [0.2, 0.25) is 29.5 Å². The Bertz CT molecular complexity index is 1210. The van der Waals surface area contributed by atoms with Crippen molar-refractivity contribution in [3.05, 3.63) is 36.0 Å². The molecular weight excluding hydrogens is 498 g/mol. The minimum atomic E-state index is -1.53. The number of aliphatic carboxylic acids is 1. The smallest absolute Gasteiger partial charge is 0.326 e. The van der Waals surface area contributed by atoms with Crippen molar-refractivity contribution in [3.8, 4) is 0 Å². The highest BCUT2D eigenvalue weighted by Gasteiger charge is 2.32. The number of para-hydroxylation sites is 1. The summed E-state index contributed by atoms with van der Waals surface area (Å²) in [4.78, 5) is 76.2. The lowest BCUT2D eigenvalue weighted by molar-refractivity contribution is -0.143. The molecule has 0 radical (unpaired) electrons. The van der Waals surface area contributed by atoms with Crippen LogP contribution in [0.3, 0.4) is 0 Å². The number of primary amides is 2. The van der Waals surface area contributed by atoms with Crippen molar-refractivity contribution >= 4 is 46.4 Å². The third kappa shape index (κ3) is 8.30. The number of carboxylic acid groups (broad SMARTS) is 1. The third-order valence-electron chi connectivity index (χ3n) is 5.76. The Morgan fingerprint density at radius 3 is 2.03 bits per heavy atom. The summed E-state index contributed by atoms with van der Waals surface area (Å²) in [5, 5.41) is 17.3. The lowest BCUT2D eigenvalue weighted by Crippen LogP contribution is -2.58. The van der Waals surface area contributed by atoms with Gasteiger partial charge in [0, 0.05) is 23.5 Å². The van der Waals surface area contributed by atoms with E-state index in [0.717, 1.165) is 10.9 Å². The van der Waals surface area contributed by atoms with Crippen molar-refractivity contribution in [1.82, 2.24) is 20.9 Å². The van der Waals surface area contributed by atoms with Gasteiger partial charge < -0.3 is 43.2 Å². The molecule has 206 valence electrons. The highest BCUT2D eigenvalue weighted by molar-refractivity contribution is 5.97. The van der Waals surface area contributed by atoms with Gasteiger partial charge in [0.15, 0.2) is 0 Å². The number of hydrogen-bond donors (Lipinski definition) is 8. The molecule has 1 heterocycles. The number of benzene rings is 1. The molecule has 0 spiro atoms. The predicted octanol–water partition coefficient (Wildman–Crippen LogP) is -2.02. The van der Waals surface area contributed by atoms with Crippen LogP contribution in [-0.4, -0.2) is 69.8 Å². The lowest BCUT2D eigenvalue weighted by Gasteiger charge is -2.25. The topological polar surface area (TPSA) is 253 Å². The molecule has 11 N–H and O–H groups in total. The van der Waals surface area contributed by atoms with E-state index in [4.69, 9.17) is 17.2 Å². The molecule has 2 rings (SSSR count). The molecule has 1 aromatic heterocycles. The van der Waals surface area contributed by atoms with Crippen molar-refractivity contribution in [3.63, 3.8) is 0 Å². The van der Waals surface area contributed by atoms with Crippen LogP contribution in [0.5, 0.6) is 0 Å². The number of aromatic amines is 1. The molecule has 0 saturated heterocycles. The van der Waals surface area contributed by atoms with E-state index < -0.39 is 78.4 Å². The van der Waals surface area contributed by atoms with Crippen molar-refractivity contribution in [2.24, 2.45) is 23.1 Å². The first kappa shape index (κ1) is 29.8. The number of H-pyrrole nitrogens is 1. The maximum Gasteiger partial charge on any atom is 0.326 e. The number of nitrogens with one attached hydrogen (secondary N) is 4. The number of carboxylic acids is 1. The van der Waals surface area contributed by atoms with Crippen LogP contribution in [0.25, 0.3) is 10.9 Å². The van der Waals surface area contributed by atoms with Gasteiger partial charge in [-0.2, -0.15) is 0 Å². The average Bonchev–Trinajstić information content (AvgIpc) is 3.23. The predicted molar refractivity (Wildman–Crippen MR) is 136 cm³/mol. The summed E-state index contributed by atoms with van der Waals surface area (Å²) in [6.07, 6.45) is 0.496. The summed E-state index contributed by atoms with van der Waals surface area (Å²) in [5.41, 5.74) is 17.5. The summed E-state index contributed by atoms with van der Waals surface area (Å²) < 4.78 is 0. The fraction of sp³-hybridized carbons (Fsp3) is 0.417. The maximum atomic E-state index is 13.3. The highest BCUT2D eigenvalue weighted by Crippen LogP contribution is 2.19. The van der Waals surface area contributed by atoms with Crippen LogP contribution in [0, 0.1) is 5.92 Å². The van der Waals surface area contributed by atoms with Gasteiger partial charge in [-0.05, 0) is 17.5 Å². The average molecular weight is 532 g/mol. The first-order valence-corrected chi connectivity index (χ1v) is 11.8. The van der Waals surface area contributed by atoms with E-state index >= 15 is 0 Å². The zero-order chi connectivity index (χ0) is 28.6. The third-order valence-corrected chi connectivity index (χ3v) is 5.76. The second-order valence-corrected chi connectivity index (χ2v) is 9.20. The second-order valence-electron chi connectivity index (χ2n) is 9.20. The Kier molecular flexibility index (Phi) is 10.3. The number of rotatable bonds is 14. The molecule has 14 nitrogen and oxygen atoms in total. The van der Waals surface area contributed by atoms with Crippen LogP contribution in [0.15, 0.2) is 30.5 Å². The monoisotopic (exact) mass is 531 g/mol. The standard InChI is InChI=1S/C24H33N7O7/c1-11(2)20(24(37)38)31-23(36)17(9-19(27)33)30-22(35)16(29-21(34)14(25)8-18(26)32)7-12-10-28-15-6-4-3-5-13(12)15/h3-6,10-11,14,16-17,20,28H,7-9,25H2,1-2H3,(H2,26,32)(H2,27,33)(H,29,34)(H,30,35)(H,31,36)(H,37,38). The van der Waals surface area contributed by atoms with Crippen LogP contribution in [-0.2, 0) is 35.2 Å².